The smallest absolute Gasteiger partial charge is 0.323 e. The van der Waals surface area contributed by atoms with Crippen LogP contribution in [-0.2, 0) is 17.8 Å². The van der Waals surface area contributed by atoms with Crippen molar-refractivity contribution in [2.45, 2.75) is 31.3 Å². The van der Waals surface area contributed by atoms with Crippen LogP contribution in [0.25, 0.3) is 0 Å². The van der Waals surface area contributed by atoms with Gasteiger partial charge in [0.25, 0.3) is 0 Å². The first-order valence-electron chi connectivity index (χ1n) is 6.03. The van der Waals surface area contributed by atoms with E-state index in [2.05, 4.69) is 5.32 Å². The molecule has 0 radical (unpaired) electrons. The summed E-state index contributed by atoms with van der Waals surface area (Å²) in [5.41, 5.74) is 1.33. The number of ether oxygens (including phenoxy) is 1. The highest BCUT2D eigenvalue weighted by atomic mass is 35.5. The highest BCUT2D eigenvalue weighted by Crippen LogP contribution is 2.38. The van der Waals surface area contributed by atoms with Crippen LogP contribution in [-0.4, -0.2) is 23.2 Å². The van der Waals surface area contributed by atoms with Crippen molar-refractivity contribution in [3.05, 3.63) is 28.3 Å². The standard InChI is InChI=1S/C13H14ClNO3/c14-10-5-8-1-4-18-11(8)9(6-10)7-15-13(2-3-13)12(16)17/h5-6,15H,1-4,7H2,(H,16,17). The van der Waals surface area contributed by atoms with Crippen molar-refractivity contribution in [1.29, 1.82) is 0 Å². The predicted molar refractivity (Wildman–Crippen MR) is 67.1 cm³/mol. The van der Waals surface area contributed by atoms with Crippen LogP contribution in [0.5, 0.6) is 5.75 Å². The number of hydrogen-bond donors (Lipinski definition) is 2. The summed E-state index contributed by atoms with van der Waals surface area (Å²) >= 11 is 6.06. The number of carbonyl (C=O) groups is 1. The molecule has 1 aromatic carbocycles. The second kappa shape index (κ2) is 4.14. The Balaban J connectivity index is 1.79. The summed E-state index contributed by atoms with van der Waals surface area (Å²) in [7, 11) is 0. The van der Waals surface area contributed by atoms with Gasteiger partial charge in [-0.05, 0) is 30.5 Å². The van der Waals surface area contributed by atoms with Crippen molar-refractivity contribution in [2.24, 2.45) is 0 Å². The number of benzene rings is 1. The molecule has 0 spiro atoms. The zero-order chi connectivity index (χ0) is 12.8. The quantitative estimate of drug-likeness (QED) is 0.876. The maximum Gasteiger partial charge on any atom is 0.323 e. The first-order valence-corrected chi connectivity index (χ1v) is 6.41. The van der Waals surface area contributed by atoms with Gasteiger partial charge in [0, 0.05) is 23.6 Å². The Bertz CT molecular complexity index is 511. The van der Waals surface area contributed by atoms with E-state index in [1.165, 1.54) is 0 Å². The van der Waals surface area contributed by atoms with Crippen LogP contribution in [0.3, 0.4) is 0 Å². The first-order chi connectivity index (χ1) is 8.61. The van der Waals surface area contributed by atoms with Crippen molar-refractivity contribution in [2.75, 3.05) is 6.61 Å². The topological polar surface area (TPSA) is 58.6 Å². The van der Waals surface area contributed by atoms with E-state index in [9.17, 15) is 4.79 Å². The Hall–Kier alpha value is -1.26. The van der Waals surface area contributed by atoms with Gasteiger partial charge < -0.3 is 9.84 Å². The lowest BCUT2D eigenvalue weighted by atomic mass is 10.1. The van der Waals surface area contributed by atoms with Gasteiger partial charge in [0.15, 0.2) is 0 Å². The molecular formula is C13H14ClNO3. The minimum absolute atomic E-state index is 0.481. The third kappa shape index (κ3) is 1.95. The molecule has 18 heavy (non-hydrogen) atoms. The fourth-order valence-electron chi connectivity index (χ4n) is 2.33. The largest absolute Gasteiger partial charge is 0.493 e. The van der Waals surface area contributed by atoms with Crippen molar-refractivity contribution in [1.82, 2.24) is 5.32 Å². The maximum absolute atomic E-state index is 11.1. The third-order valence-corrected chi connectivity index (χ3v) is 3.82. The molecule has 5 heteroatoms. The SMILES string of the molecule is O=C(O)C1(NCc2cc(Cl)cc3c2OCC3)CC1. The van der Waals surface area contributed by atoms with Gasteiger partial charge in [-0.3, -0.25) is 10.1 Å². The minimum atomic E-state index is -0.776. The Morgan fingerprint density at radius 2 is 2.28 bits per heavy atom. The van der Waals surface area contributed by atoms with E-state index in [1.807, 2.05) is 12.1 Å². The maximum atomic E-state index is 11.1. The second-order valence-electron chi connectivity index (χ2n) is 4.89. The van der Waals surface area contributed by atoms with Gasteiger partial charge in [-0.1, -0.05) is 11.6 Å². The van der Waals surface area contributed by atoms with Crippen LogP contribution in [0, 0.1) is 0 Å². The number of halogens is 1. The van der Waals surface area contributed by atoms with E-state index in [0.717, 1.165) is 23.3 Å². The molecule has 1 aliphatic carbocycles. The summed E-state index contributed by atoms with van der Waals surface area (Å²) in [4.78, 5) is 11.1. The van der Waals surface area contributed by atoms with E-state index in [4.69, 9.17) is 21.4 Å². The molecule has 0 unspecified atom stereocenters. The van der Waals surface area contributed by atoms with Gasteiger partial charge in [-0.2, -0.15) is 0 Å². The summed E-state index contributed by atoms with van der Waals surface area (Å²) in [5.74, 6) is 0.0928. The number of carboxylic acid groups (broad SMARTS) is 1. The van der Waals surface area contributed by atoms with E-state index in [-0.39, 0.29) is 0 Å². The van der Waals surface area contributed by atoms with E-state index >= 15 is 0 Å². The van der Waals surface area contributed by atoms with Crippen molar-refractivity contribution >= 4 is 17.6 Å². The van der Waals surface area contributed by atoms with Crippen molar-refractivity contribution in [3.63, 3.8) is 0 Å². The molecule has 1 aromatic rings. The lowest BCUT2D eigenvalue weighted by Crippen LogP contribution is -2.38. The van der Waals surface area contributed by atoms with Gasteiger partial charge in [-0.25, -0.2) is 0 Å². The molecule has 4 nitrogen and oxygen atoms in total. The zero-order valence-corrected chi connectivity index (χ0v) is 10.6. The van der Waals surface area contributed by atoms with Crippen molar-refractivity contribution in [3.8, 4) is 5.75 Å². The summed E-state index contributed by atoms with van der Waals surface area (Å²) in [6, 6.07) is 3.76. The van der Waals surface area contributed by atoms with Crippen LogP contribution >= 0.6 is 11.6 Å². The summed E-state index contributed by atoms with van der Waals surface area (Å²) < 4.78 is 5.58. The molecule has 1 heterocycles. The number of hydrogen-bond acceptors (Lipinski definition) is 3. The monoisotopic (exact) mass is 267 g/mol. The minimum Gasteiger partial charge on any atom is -0.493 e. The Labute approximate surface area is 110 Å². The van der Waals surface area contributed by atoms with Gasteiger partial charge in [0.05, 0.1) is 6.61 Å². The number of nitrogens with one attached hydrogen (secondary N) is 1. The van der Waals surface area contributed by atoms with Crippen molar-refractivity contribution < 1.29 is 14.6 Å². The molecule has 1 fully saturated rings. The molecule has 2 aliphatic rings. The first kappa shape index (κ1) is 11.8. The van der Waals surface area contributed by atoms with Crippen LogP contribution < -0.4 is 10.1 Å². The highest BCUT2D eigenvalue weighted by Gasteiger charge is 2.49. The third-order valence-electron chi connectivity index (χ3n) is 3.60. The van der Waals surface area contributed by atoms with Crippen LogP contribution in [0.4, 0.5) is 0 Å². The van der Waals surface area contributed by atoms with Gasteiger partial charge in [0.1, 0.15) is 11.3 Å². The molecule has 0 atom stereocenters. The Morgan fingerprint density at radius 3 is 2.94 bits per heavy atom. The molecule has 0 amide bonds. The van der Waals surface area contributed by atoms with Gasteiger partial charge in [-0.15, -0.1) is 0 Å². The fourth-order valence-corrected chi connectivity index (χ4v) is 2.60. The predicted octanol–water partition coefficient (Wildman–Crippen LogP) is 1.98. The van der Waals surface area contributed by atoms with E-state index in [1.54, 1.807) is 0 Å². The molecule has 0 saturated heterocycles. The Morgan fingerprint density at radius 1 is 1.50 bits per heavy atom. The van der Waals surface area contributed by atoms with Crippen LogP contribution in [0.15, 0.2) is 12.1 Å². The molecule has 2 N–H and O–H groups in total. The number of aliphatic carboxylic acids is 1. The summed E-state index contributed by atoms with van der Waals surface area (Å²) in [6.45, 7) is 1.15. The molecule has 96 valence electrons. The second-order valence-corrected chi connectivity index (χ2v) is 5.33. The average Bonchev–Trinajstić information content (AvgIpc) is 2.98. The molecule has 1 aliphatic heterocycles. The lowest BCUT2D eigenvalue weighted by Gasteiger charge is -2.14. The average molecular weight is 268 g/mol. The van der Waals surface area contributed by atoms with Crippen LogP contribution in [0.1, 0.15) is 24.0 Å². The number of rotatable bonds is 4. The molecular weight excluding hydrogens is 254 g/mol. The fraction of sp³-hybridized carbons (Fsp3) is 0.462. The molecule has 1 saturated carbocycles. The number of fused-ring (bicyclic) bond motifs is 1. The van der Waals surface area contributed by atoms with E-state index < -0.39 is 11.5 Å². The zero-order valence-electron chi connectivity index (χ0n) is 9.83. The lowest BCUT2D eigenvalue weighted by molar-refractivity contribution is -0.140. The van der Waals surface area contributed by atoms with E-state index in [0.29, 0.717) is 31.0 Å². The normalized spacial score (nSPS) is 19.2. The van der Waals surface area contributed by atoms with Gasteiger partial charge >= 0.3 is 5.97 Å². The summed E-state index contributed by atoms with van der Waals surface area (Å²) in [5, 5.41) is 12.9. The molecule has 3 rings (SSSR count). The summed E-state index contributed by atoms with van der Waals surface area (Å²) in [6.07, 6.45) is 2.24. The van der Waals surface area contributed by atoms with Gasteiger partial charge in [0.2, 0.25) is 0 Å². The highest BCUT2D eigenvalue weighted by molar-refractivity contribution is 6.30. The molecule has 0 aromatic heterocycles. The van der Waals surface area contributed by atoms with Crippen LogP contribution in [0.2, 0.25) is 5.02 Å². The molecule has 0 bridgehead atoms. The Kier molecular flexibility index (Phi) is 2.72. The number of carboxylic acids is 1.